The molecule has 0 aliphatic carbocycles. The Kier molecular flexibility index (Phi) is 4.17. The molecule has 7 heteroatoms. The largest absolute Gasteiger partial charge is 0.382 e. The molecular formula is C10H9BrFN5. The summed E-state index contributed by atoms with van der Waals surface area (Å²) in [4.78, 5) is 0. The fraction of sp³-hybridized carbons (Fsp3) is 0.100. The summed E-state index contributed by atoms with van der Waals surface area (Å²) in [5.41, 5.74) is 8.11. The van der Waals surface area contributed by atoms with E-state index in [1.165, 1.54) is 6.07 Å². The maximum absolute atomic E-state index is 13.5. The van der Waals surface area contributed by atoms with Gasteiger partial charge in [0.1, 0.15) is 11.9 Å². The van der Waals surface area contributed by atoms with Crippen LogP contribution in [0.4, 0.5) is 10.1 Å². The molecule has 0 spiro atoms. The average Bonchev–Trinajstić information content (AvgIpc) is 2.29. The van der Waals surface area contributed by atoms with Crippen LogP contribution in [0.2, 0.25) is 0 Å². The van der Waals surface area contributed by atoms with E-state index in [1.807, 2.05) is 0 Å². The minimum absolute atomic E-state index is 0.257. The molecule has 0 amide bonds. The Bertz CT molecular complexity index is 532. The lowest BCUT2D eigenvalue weighted by molar-refractivity contribution is 0.612. The van der Waals surface area contributed by atoms with Gasteiger partial charge in [0.15, 0.2) is 5.84 Å². The highest BCUT2D eigenvalue weighted by molar-refractivity contribution is 9.10. The van der Waals surface area contributed by atoms with Crippen molar-refractivity contribution in [2.24, 2.45) is 10.8 Å². The molecule has 0 aromatic heterocycles. The minimum atomic E-state index is -0.449. The second-order valence-corrected chi connectivity index (χ2v) is 3.99. The van der Waals surface area contributed by atoms with E-state index in [0.29, 0.717) is 15.7 Å². The molecule has 0 heterocycles. The number of nitrogens with one attached hydrogen (secondary N) is 2. The smallest absolute Gasteiger partial charge is 0.201 e. The minimum Gasteiger partial charge on any atom is -0.382 e. The SMILES string of the molecule is Cc1c(N/N=C(\C#N)C(=N)N)ccc(Br)c1F. The van der Waals surface area contributed by atoms with Gasteiger partial charge < -0.3 is 5.73 Å². The van der Waals surface area contributed by atoms with Crippen molar-refractivity contribution in [2.75, 3.05) is 5.43 Å². The van der Waals surface area contributed by atoms with Crippen LogP contribution in [0.15, 0.2) is 21.7 Å². The first kappa shape index (κ1) is 13.1. The molecule has 0 unspecified atom stereocenters. The molecule has 0 saturated carbocycles. The van der Waals surface area contributed by atoms with E-state index in [1.54, 1.807) is 19.1 Å². The molecule has 5 nitrogen and oxygen atoms in total. The Labute approximate surface area is 106 Å². The van der Waals surface area contributed by atoms with Gasteiger partial charge in [-0.15, -0.1) is 0 Å². The van der Waals surface area contributed by atoms with Crippen LogP contribution in [0.3, 0.4) is 0 Å². The van der Waals surface area contributed by atoms with Crippen molar-refractivity contribution >= 4 is 33.2 Å². The zero-order chi connectivity index (χ0) is 13.0. The maximum Gasteiger partial charge on any atom is 0.201 e. The van der Waals surface area contributed by atoms with Crippen LogP contribution in [-0.4, -0.2) is 11.5 Å². The second kappa shape index (κ2) is 5.41. The molecule has 1 rings (SSSR count). The first-order valence-electron chi connectivity index (χ1n) is 4.50. The molecule has 0 saturated heterocycles. The molecular weight excluding hydrogens is 289 g/mol. The summed E-state index contributed by atoms with van der Waals surface area (Å²) in [6.07, 6.45) is 0. The van der Waals surface area contributed by atoms with Gasteiger partial charge in [-0.2, -0.15) is 10.4 Å². The number of hydrogen-bond donors (Lipinski definition) is 3. The van der Waals surface area contributed by atoms with Gasteiger partial charge in [-0.05, 0) is 35.0 Å². The highest BCUT2D eigenvalue weighted by Gasteiger charge is 2.08. The van der Waals surface area contributed by atoms with Crippen molar-refractivity contribution in [1.82, 2.24) is 0 Å². The van der Waals surface area contributed by atoms with E-state index in [0.717, 1.165) is 0 Å². The van der Waals surface area contributed by atoms with Gasteiger partial charge in [-0.3, -0.25) is 10.8 Å². The van der Waals surface area contributed by atoms with Crippen molar-refractivity contribution < 1.29 is 4.39 Å². The van der Waals surface area contributed by atoms with Gasteiger partial charge in [0, 0.05) is 5.56 Å². The normalized spacial score (nSPS) is 10.8. The molecule has 0 aliphatic heterocycles. The first-order valence-corrected chi connectivity index (χ1v) is 5.29. The number of nitrogens with two attached hydrogens (primary N) is 1. The van der Waals surface area contributed by atoms with Gasteiger partial charge in [-0.1, -0.05) is 0 Å². The first-order chi connectivity index (χ1) is 7.97. The number of anilines is 1. The highest BCUT2D eigenvalue weighted by atomic mass is 79.9. The van der Waals surface area contributed by atoms with Crippen molar-refractivity contribution in [3.05, 3.63) is 28.0 Å². The lowest BCUT2D eigenvalue weighted by Gasteiger charge is -2.07. The van der Waals surface area contributed by atoms with Gasteiger partial charge in [0.25, 0.3) is 0 Å². The lowest BCUT2D eigenvalue weighted by Crippen LogP contribution is -2.22. The highest BCUT2D eigenvalue weighted by Crippen LogP contribution is 2.24. The molecule has 0 fully saturated rings. The molecule has 0 aliphatic rings. The van der Waals surface area contributed by atoms with Gasteiger partial charge in [0.05, 0.1) is 10.2 Å². The van der Waals surface area contributed by atoms with Crippen LogP contribution >= 0.6 is 15.9 Å². The van der Waals surface area contributed by atoms with Crippen molar-refractivity contribution in [2.45, 2.75) is 6.92 Å². The summed E-state index contributed by atoms with van der Waals surface area (Å²) in [5.74, 6) is -0.859. The summed E-state index contributed by atoms with van der Waals surface area (Å²) < 4.78 is 13.8. The van der Waals surface area contributed by atoms with Gasteiger partial charge in [-0.25, -0.2) is 4.39 Å². The van der Waals surface area contributed by atoms with E-state index in [-0.39, 0.29) is 5.71 Å². The zero-order valence-electron chi connectivity index (χ0n) is 8.88. The standard InChI is InChI=1S/C10H9BrFN5/c1-5-7(3-2-6(11)9(5)12)16-17-8(4-13)10(14)15/h2-3,16H,1H3,(H3,14,15)/b17-8+. The Morgan fingerprint density at radius 2 is 2.29 bits per heavy atom. The third kappa shape index (κ3) is 3.01. The molecule has 1 aromatic rings. The van der Waals surface area contributed by atoms with Crippen molar-refractivity contribution in [1.29, 1.82) is 10.7 Å². The maximum atomic E-state index is 13.5. The van der Waals surface area contributed by atoms with E-state index in [2.05, 4.69) is 26.5 Å². The molecule has 0 atom stereocenters. The summed E-state index contributed by atoms with van der Waals surface area (Å²) in [6, 6.07) is 4.76. The van der Waals surface area contributed by atoms with Gasteiger partial charge in [0.2, 0.25) is 5.71 Å². The van der Waals surface area contributed by atoms with Crippen LogP contribution < -0.4 is 11.2 Å². The summed E-state index contributed by atoms with van der Waals surface area (Å²) in [5, 5.41) is 19.3. The number of benzene rings is 1. The number of rotatable bonds is 3. The lowest BCUT2D eigenvalue weighted by atomic mass is 10.2. The zero-order valence-corrected chi connectivity index (χ0v) is 10.5. The van der Waals surface area contributed by atoms with Crippen LogP contribution in [0.1, 0.15) is 5.56 Å². The molecule has 17 heavy (non-hydrogen) atoms. The molecule has 4 N–H and O–H groups in total. The van der Waals surface area contributed by atoms with Crippen LogP contribution in [-0.2, 0) is 0 Å². The molecule has 1 aromatic carbocycles. The van der Waals surface area contributed by atoms with Crippen LogP contribution in [0.25, 0.3) is 0 Å². The third-order valence-corrected chi connectivity index (χ3v) is 2.60. The second-order valence-electron chi connectivity index (χ2n) is 3.13. The summed E-state index contributed by atoms with van der Waals surface area (Å²) in [6.45, 7) is 1.57. The fourth-order valence-electron chi connectivity index (χ4n) is 1.03. The molecule has 88 valence electrons. The Hall–Kier alpha value is -1.94. The molecule has 0 bridgehead atoms. The fourth-order valence-corrected chi connectivity index (χ4v) is 1.46. The number of amidine groups is 1. The van der Waals surface area contributed by atoms with E-state index >= 15 is 0 Å². The number of halogens is 2. The van der Waals surface area contributed by atoms with E-state index in [9.17, 15) is 4.39 Å². The number of hydrogen-bond acceptors (Lipinski definition) is 4. The average molecular weight is 298 g/mol. The van der Waals surface area contributed by atoms with E-state index < -0.39 is 11.7 Å². The number of hydrazone groups is 1. The molecule has 0 radical (unpaired) electrons. The van der Waals surface area contributed by atoms with Crippen molar-refractivity contribution in [3.8, 4) is 6.07 Å². The monoisotopic (exact) mass is 297 g/mol. The quantitative estimate of drug-likeness (QED) is 0.453. The predicted octanol–water partition coefficient (Wildman–Crippen LogP) is 2.12. The summed E-state index contributed by atoms with van der Waals surface area (Å²) in [7, 11) is 0. The van der Waals surface area contributed by atoms with Crippen LogP contribution in [0, 0.1) is 29.5 Å². The number of nitrogens with zero attached hydrogens (tertiary/aromatic N) is 2. The Morgan fingerprint density at radius 1 is 1.65 bits per heavy atom. The van der Waals surface area contributed by atoms with Gasteiger partial charge >= 0.3 is 0 Å². The van der Waals surface area contributed by atoms with Crippen LogP contribution in [0.5, 0.6) is 0 Å². The van der Waals surface area contributed by atoms with E-state index in [4.69, 9.17) is 16.4 Å². The Balaban J connectivity index is 3.02. The number of nitriles is 1. The summed E-state index contributed by atoms with van der Waals surface area (Å²) >= 11 is 3.05. The topological polar surface area (TPSA) is 98.0 Å². The predicted molar refractivity (Wildman–Crippen MR) is 67.4 cm³/mol. The Morgan fingerprint density at radius 3 is 2.82 bits per heavy atom. The van der Waals surface area contributed by atoms with Crippen molar-refractivity contribution in [3.63, 3.8) is 0 Å². The third-order valence-electron chi connectivity index (χ3n) is 1.99.